The Bertz CT molecular complexity index is 736. The van der Waals surface area contributed by atoms with Crippen molar-refractivity contribution >= 4 is 5.91 Å². The van der Waals surface area contributed by atoms with E-state index in [1.807, 2.05) is 30.3 Å². The highest BCUT2D eigenvalue weighted by molar-refractivity contribution is 5.83. The second-order valence-electron chi connectivity index (χ2n) is 6.46. The van der Waals surface area contributed by atoms with E-state index in [0.717, 1.165) is 18.1 Å². The molecule has 2 N–H and O–H groups in total. The largest absolute Gasteiger partial charge is 0.341 e. The number of nitrogens with two attached hydrogens (primary N) is 1. The summed E-state index contributed by atoms with van der Waals surface area (Å²) in [4.78, 5) is 14.5. The zero-order valence-corrected chi connectivity index (χ0v) is 14.0. The van der Waals surface area contributed by atoms with Crippen molar-refractivity contribution in [2.45, 2.75) is 18.8 Å². The molecule has 2 aromatic carbocycles. The molecule has 0 aromatic heterocycles. The van der Waals surface area contributed by atoms with Crippen LogP contribution in [0.25, 0.3) is 0 Å². The van der Waals surface area contributed by atoms with Gasteiger partial charge in [-0.2, -0.15) is 0 Å². The quantitative estimate of drug-likeness (QED) is 0.839. The molecule has 3 nitrogen and oxygen atoms in total. The fraction of sp³-hybridized carbons (Fsp3) is 0.350. The van der Waals surface area contributed by atoms with Gasteiger partial charge in [-0.3, -0.25) is 4.79 Å². The molecule has 2 aromatic rings. The predicted octanol–water partition coefficient (Wildman–Crippen LogP) is 3.10. The molecule has 1 aliphatic rings. The van der Waals surface area contributed by atoms with Crippen LogP contribution in [0.4, 0.5) is 8.78 Å². The molecule has 2 atom stereocenters. The lowest BCUT2D eigenvalue weighted by atomic mass is 10.1. The molecule has 25 heavy (non-hydrogen) atoms. The molecule has 0 bridgehead atoms. The first-order valence-electron chi connectivity index (χ1n) is 8.58. The first kappa shape index (κ1) is 17.5. The lowest BCUT2D eigenvalue weighted by Crippen LogP contribution is -2.38. The van der Waals surface area contributed by atoms with E-state index in [9.17, 15) is 13.6 Å². The average Bonchev–Trinajstić information content (AvgIpc) is 3.39. The minimum Gasteiger partial charge on any atom is -0.341 e. The Kier molecular flexibility index (Phi) is 5.43. The molecular formula is C20H22F2N2O. The maximum Gasteiger partial charge on any atom is 0.226 e. The molecule has 1 aliphatic carbocycles. The highest BCUT2D eigenvalue weighted by Gasteiger charge is 2.46. The summed E-state index contributed by atoms with van der Waals surface area (Å²) >= 11 is 0. The summed E-state index contributed by atoms with van der Waals surface area (Å²) in [6.07, 6.45) is 1.36. The molecule has 132 valence electrons. The van der Waals surface area contributed by atoms with E-state index in [0.29, 0.717) is 31.6 Å². The third-order valence-corrected chi connectivity index (χ3v) is 4.69. The number of benzene rings is 2. The average molecular weight is 344 g/mol. The predicted molar refractivity (Wildman–Crippen MR) is 93.0 cm³/mol. The summed E-state index contributed by atoms with van der Waals surface area (Å²) in [6, 6.07) is 13.5. The molecular weight excluding hydrogens is 322 g/mol. The third-order valence-electron chi connectivity index (χ3n) is 4.69. The van der Waals surface area contributed by atoms with Crippen LogP contribution in [0.3, 0.4) is 0 Å². The Morgan fingerprint density at radius 3 is 2.56 bits per heavy atom. The third kappa shape index (κ3) is 4.23. The molecule has 0 saturated heterocycles. The number of amides is 1. The molecule has 0 spiro atoms. The maximum atomic E-state index is 13.9. The second-order valence-corrected chi connectivity index (χ2v) is 6.46. The van der Waals surface area contributed by atoms with Crippen LogP contribution in [0.2, 0.25) is 0 Å². The Morgan fingerprint density at radius 2 is 1.88 bits per heavy atom. The fourth-order valence-electron chi connectivity index (χ4n) is 3.25. The summed E-state index contributed by atoms with van der Waals surface area (Å²) < 4.78 is 27.0. The minimum atomic E-state index is -0.600. The highest BCUT2D eigenvalue weighted by Crippen LogP contribution is 2.49. The van der Waals surface area contributed by atoms with Gasteiger partial charge in [0.2, 0.25) is 5.91 Å². The minimum absolute atomic E-state index is 0.00936. The SMILES string of the molecule is NCCN(CCc1ccccc1)C(=O)C1CC1c1ccc(F)cc1F. The van der Waals surface area contributed by atoms with Crippen molar-refractivity contribution in [3.05, 3.63) is 71.3 Å². The molecule has 3 rings (SSSR count). The van der Waals surface area contributed by atoms with Gasteiger partial charge < -0.3 is 10.6 Å². The standard InChI is InChI=1S/C20H22F2N2O/c21-15-6-7-16(19(22)12-15)17-13-18(17)20(25)24(11-9-23)10-8-14-4-2-1-3-5-14/h1-7,12,17-18H,8-11,13,23H2. The molecule has 0 radical (unpaired) electrons. The Balaban J connectivity index is 1.63. The van der Waals surface area contributed by atoms with E-state index in [1.54, 1.807) is 4.90 Å². The molecule has 0 aliphatic heterocycles. The van der Waals surface area contributed by atoms with Gasteiger partial charge in [-0.05, 0) is 36.0 Å². The van der Waals surface area contributed by atoms with E-state index in [4.69, 9.17) is 5.73 Å². The summed E-state index contributed by atoms with van der Waals surface area (Å²) in [5, 5.41) is 0. The van der Waals surface area contributed by atoms with Crippen LogP contribution < -0.4 is 5.73 Å². The van der Waals surface area contributed by atoms with E-state index < -0.39 is 11.6 Å². The molecule has 1 fully saturated rings. The molecule has 1 saturated carbocycles. The van der Waals surface area contributed by atoms with Crippen molar-refractivity contribution in [3.8, 4) is 0 Å². The van der Waals surface area contributed by atoms with Crippen molar-refractivity contribution in [2.24, 2.45) is 11.7 Å². The normalized spacial score (nSPS) is 18.8. The van der Waals surface area contributed by atoms with Crippen LogP contribution >= 0.6 is 0 Å². The summed E-state index contributed by atoms with van der Waals surface area (Å²) in [5.74, 6) is -1.56. The van der Waals surface area contributed by atoms with Crippen LogP contribution in [0.15, 0.2) is 48.5 Å². The van der Waals surface area contributed by atoms with Crippen LogP contribution in [-0.4, -0.2) is 30.4 Å². The fourth-order valence-corrected chi connectivity index (χ4v) is 3.25. The summed E-state index contributed by atoms with van der Waals surface area (Å²) in [5.41, 5.74) is 7.24. The van der Waals surface area contributed by atoms with E-state index in [1.165, 1.54) is 12.1 Å². The van der Waals surface area contributed by atoms with Gasteiger partial charge in [0.25, 0.3) is 0 Å². The van der Waals surface area contributed by atoms with Gasteiger partial charge in [-0.15, -0.1) is 0 Å². The van der Waals surface area contributed by atoms with Crippen molar-refractivity contribution in [1.82, 2.24) is 4.90 Å². The number of carbonyl (C=O) groups excluding carboxylic acids is 1. The van der Waals surface area contributed by atoms with Gasteiger partial charge in [-0.25, -0.2) is 8.78 Å². The van der Waals surface area contributed by atoms with Crippen LogP contribution in [0, 0.1) is 17.6 Å². The zero-order chi connectivity index (χ0) is 17.8. The lowest BCUT2D eigenvalue weighted by molar-refractivity contribution is -0.132. The molecule has 5 heteroatoms. The molecule has 2 unspecified atom stereocenters. The second kappa shape index (κ2) is 7.74. The highest BCUT2D eigenvalue weighted by atomic mass is 19.1. The number of hydrogen-bond acceptors (Lipinski definition) is 2. The van der Waals surface area contributed by atoms with Crippen molar-refractivity contribution in [2.75, 3.05) is 19.6 Å². The van der Waals surface area contributed by atoms with Crippen molar-refractivity contribution < 1.29 is 13.6 Å². The maximum absolute atomic E-state index is 13.9. The van der Waals surface area contributed by atoms with E-state index in [-0.39, 0.29) is 17.7 Å². The Hall–Kier alpha value is -2.27. The monoisotopic (exact) mass is 344 g/mol. The Labute approximate surface area is 146 Å². The van der Waals surface area contributed by atoms with Crippen LogP contribution in [0.1, 0.15) is 23.5 Å². The molecule has 1 amide bonds. The molecule has 0 heterocycles. The summed E-state index contributed by atoms with van der Waals surface area (Å²) in [6.45, 7) is 1.47. The van der Waals surface area contributed by atoms with Gasteiger partial charge in [0, 0.05) is 31.6 Å². The van der Waals surface area contributed by atoms with Gasteiger partial charge in [0.15, 0.2) is 0 Å². The Morgan fingerprint density at radius 1 is 1.12 bits per heavy atom. The summed E-state index contributed by atoms with van der Waals surface area (Å²) in [7, 11) is 0. The van der Waals surface area contributed by atoms with Crippen LogP contribution in [0.5, 0.6) is 0 Å². The van der Waals surface area contributed by atoms with E-state index >= 15 is 0 Å². The first-order chi connectivity index (χ1) is 12.1. The number of rotatable bonds is 7. The van der Waals surface area contributed by atoms with Crippen molar-refractivity contribution in [3.63, 3.8) is 0 Å². The smallest absolute Gasteiger partial charge is 0.226 e. The van der Waals surface area contributed by atoms with Gasteiger partial charge in [-0.1, -0.05) is 36.4 Å². The number of halogens is 2. The first-order valence-corrected chi connectivity index (χ1v) is 8.58. The van der Waals surface area contributed by atoms with E-state index in [2.05, 4.69) is 0 Å². The topological polar surface area (TPSA) is 46.3 Å². The number of nitrogens with zero attached hydrogens (tertiary/aromatic N) is 1. The zero-order valence-electron chi connectivity index (χ0n) is 14.0. The van der Waals surface area contributed by atoms with Gasteiger partial charge in [0.05, 0.1) is 0 Å². The lowest BCUT2D eigenvalue weighted by Gasteiger charge is -2.22. The van der Waals surface area contributed by atoms with Crippen LogP contribution in [-0.2, 0) is 11.2 Å². The van der Waals surface area contributed by atoms with Gasteiger partial charge in [0.1, 0.15) is 11.6 Å². The number of carbonyl (C=O) groups is 1. The van der Waals surface area contributed by atoms with Crippen molar-refractivity contribution in [1.29, 1.82) is 0 Å². The van der Waals surface area contributed by atoms with Gasteiger partial charge >= 0.3 is 0 Å². The number of hydrogen-bond donors (Lipinski definition) is 1.